The van der Waals surface area contributed by atoms with Crippen LogP contribution in [0.25, 0.3) is 5.65 Å². The number of rotatable bonds is 7. The molecule has 3 N–H and O–H groups in total. The molecule has 1 saturated heterocycles. The number of hydrogen-bond donors (Lipinski definition) is 2. The van der Waals surface area contributed by atoms with E-state index in [1.165, 1.54) is 0 Å². The van der Waals surface area contributed by atoms with E-state index in [1.807, 2.05) is 18.2 Å². The van der Waals surface area contributed by atoms with Crippen LogP contribution in [0.1, 0.15) is 42.9 Å². The Bertz CT molecular complexity index is 1110. The molecule has 1 fully saturated rings. The quantitative estimate of drug-likeness (QED) is 0.406. The molecular weight excluding hydrogens is 409 g/mol. The number of fused-ring (bicyclic) bond motifs is 1. The monoisotopic (exact) mass is 433 g/mol. The number of hydrogen-bond acceptors (Lipinski definition) is 8. The van der Waals surface area contributed by atoms with Gasteiger partial charge in [0.05, 0.1) is 12.1 Å². The second-order valence-electron chi connectivity index (χ2n) is 7.79. The number of likely N-dealkylation sites (tertiary alicyclic amines) is 1. The number of carbonyl (C=O) groups excluding carboxylic acids is 2. The maximum atomic E-state index is 12.6. The fraction of sp³-hybridized carbons (Fsp3) is 0.381. The first-order valence-corrected chi connectivity index (χ1v) is 10.5. The van der Waals surface area contributed by atoms with E-state index in [2.05, 4.69) is 20.2 Å². The first-order chi connectivity index (χ1) is 15.5. The third kappa shape index (κ3) is 4.88. The first kappa shape index (κ1) is 21.8. The lowest BCUT2D eigenvalue weighted by atomic mass is 9.93. The van der Waals surface area contributed by atoms with Crippen LogP contribution >= 0.6 is 0 Å². The molecule has 4 heterocycles. The standard InChI is InChI=1S/C21H24BN7O3/c22-16-12-26-29-18(25-11-14-3-1-7-24-10-14)9-17(27-21(16)29)15-4-2-8-28(13-15)19(30)5-6-20(31)32-23/h1,3,7,9-10,12,15,25H,2,4-6,8,11,13,23H2. The molecule has 0 aliphatic carbocycles. The number of nitrogens with one attached hydrogen (secondary N) is 1. The lowest BCUT2D eigenvalue weighted by Crippen LogP contribution is -2.39. The van der Waals surface area contributed by atoms with Crippen molar-refractivity contribution in [3.8, 4) is 0 Å². The minimum Gasteiger partial charge on any atom is -0.373 e. The van der Waals surface area contributed by atoms with Gasteiger partial charge in [0.25, 0.3) is 0 Å². The van der Waals surface area contributed by atoms with E-state index in [1.54, 1.807) is 28.0 Å². The molecular formula is C21H24BN7O3. The molecule has 2 radical (unpaired) electrons. The van der Waals surface area contributed by atoms with Crippen molar-refractivity contribution in [2.45, 2.75) is 38.1 Å². The summed E-state index contributed by atoms with van der Waals surface area (Å²) in [5.41, 5.74) is 2.94. The average molecular weight is 433 g/mol. The molecule has 10 nitrogen and oxygen atoms in total. The van der Waals surface area contributed by atoms with E-state index in [4.69, 9.17) is 18.7 Å². The predicted molar refractivity (Wildman–Crippen MR) is 118 cm³/mol. The minimum absolute atomic E-state index is 0.0323. The second kappa shape index (κ2) is 9.78. The number of nitrogens with two attached hydrogens (primary N) is 1. The van der Waals surface area contributed by atoms with Gasteiger partial charge in [0.1, 0.15) is 13.7 Å². The summed E-state index contributed by atoms with van der Waals surface area (Å²) in [5, 5.41) is 7.73. The molecule has 1 aliphatic rings. The van der Waals surface area contributed by atoms with Gasteiger partial charge in [0, 0.05) is 56.6 Å². The van der Waals surface area contributed by atoms with Gasteiger partial charge in [-0.15, -0.1) is 0 Å². The van der Waals surface area contributed by atoms with E-state index in [0.717, 1.165) is 29.9 Å². The van der Waals surface area contributed by atoms with Gasteiger partial charge >= 0.3 is 5.97 Å². The summed E-state index contributed by atoms with van der Waals surface area (Å²) in [6.45, 7) is 1.74. The summed E-state index contributed by atoms with van der Waals surface area (Å²) in [7, 11) is 6.11. The lowest BCUT2D eigenvalue weighted by Gasteiger charge is -2.32. The largest absolute Gasteiger partial charge is 0.373 e. The summed E-state index contributed by atoms with van der Waals surface area (Å²) in [4.78, 5) is 38.6. The van der Waals surface area contributed by atoms with Crippen molar-refractivity contribution >= 4 is 36.7 Å². The molecule has 1 aliphatic heterocycles. The normalized spacial score (nSPS) is 16.2. The van der Waals surface area contributed by atoms with Gasteiger partial charge in [0.15, 0.2) is 5.65 Å². The molecule has 1 unspecified atom stereocenters. The zero-order valence-corrected chi connectivity index (χ0v) is 17.6. The van der Waals surface area contributed by atoms with Gasteiger partial charge in [-0.05, 0) is 29.9 Å². The number of carbonyl (C=O) groups is 2. The summed E-state index contributed by atoms with van der Waals surface area (Å²) in [5.74, 6) is 4.97. The van der Waals surface area contributed by atoms with Gasteiger partial charge in [-0.3, -0.25) is 14.6 Å². The number of piperidine rings is 1. The number of pyridine rings is 1. The van der Waals surface area contributed by atoms with Crippen LogP contribution < -0.4 is 16.7 Å². The van der Waals surface area contributed by atoms with Gasteiger partial charge in [-0.25, -0.2) is 4.98 Å². The van der Waals surface area contributed by atoms with Crippen LogP contribution in [0.3, 0.4) is 0 Å². The molecule has 1 atom stereocenters. The van der Waals surface area contributed by atoms with Crippen LogP contribution in [0.15, 0.2) is 36.8 Å². The molecule has 3 aromatic heterocycles. The maximum absolute atomic E-state index is 12.6. The van der Waals surface area contributed by atoms with Crippen LogP contribution in [0.4, 0.5) is 5.82 Å². The second-order valence-corrected chi connectivity index (χ2v) is 7.79. The van der Waals surface area contributed by atoms with E-state index >= 15 is 0 Å². The Hall–Kier alpha value is -3.47. The van der Waals surface area contributed by atoms with Crippen molar-refractivity contribution in [1.29, 1.82) is 0 Å². The summed E-state index contributed by atoms with van der Waals surface area (Å²) >= 11 is 0. The van der Waals surface area contributed by atoms with Crippen molar-refractivity contribution in [1.82, 2.24) is 24.5 Å². The Kier molecular flexibility index (Phi) is 6.65. The highest BCUT2D eigenvalue weighted by molar-refractivity contribution is 6.36. The van der Waals surface area contributed by atoms with Crippen molar-refractivity contribution in [3.05, 3.63) is 48.0 Å². The summed E-state index contributed by atoms with van der Waals surface area (Å²) in [6, 6.07) is 5.83. The zero-order chi connectivity index (χ0) is 22.5. The van der Waals surface area contributed by atoms with Gasteiger partial charge in [0.2, 0.25) is 5.91 Å². The number of amides is 1. The number of aromatic nitrogens is 4. The minimum atomic E-state index is -0.598. The van der Waals surface area contributed by atoms with Crippen molar-refractivity contribution in [2.24, 2.45) is 5.90 Å². The average Bonchev–Trinajstić information content (AvgIpc) is 3.22. The third-order valence-electron chi connectivity index (χ3n) is 5.58. The SMILES string of the molecule is [B]c1cnn2c(NCc3cccnc3)cc(C3CCCN(C(=O)CCC(=O)ON)C3)nc12. The van der Waals surface area contributed by atoms with Crippen LogP contribution in [0, 0.1) is 0 Å². The summed E-state index contributed by atoms with van der Waals surface area (Å²) in [6.07, 6.45) is 6.89. The fourth-order valence-electron chi connectivity index (χ4n) is 3.90. The Labute approximate surface area is 186 Å². The van der Waals surface area contributed by atoms with Crippen LogP contribution in [-0.2, 0) is 21.0 Å². The van der Waals surface area contributed by atoms with Crippen LogP contribution in [0.5, 0.6) is 0 Å². The first-order valence-electron chi connectivity index (χ1n) is 10.5. The fourth-order valence-corrected chi connectivity index (χ4v) is 3.90. The van der Waals surface area contributed by atoms with Crippen molar-refractivity contribution in [2.75, 3.05) is 18.4 Å². The van der Waals surface area contributed by atoms with E-state index in [-0.39, 0.29) is 24.7 Å². The van der Waals surface area contributed by atoms with Crippen LogP contribution in [-0.4, -0.2) is 57.3 Å². The molecule has 3 aromatic rings. The van der Waals surface area contributed by atoms with Gasteiger partial charge in [-0.2, -0.15) is 15.5 Å². The van der Waals surface area contributed by atoms with Crippen LogP contribution in [0.2, 0.25) is 0 Å². The molecule has 164 valence electrons. The maximum Gasteiger partial charge on any atom is 0.324 e. The van der Waals surface area contributed by atoms with Gasteiger partial charge in [-0.1, -0.05) is 6.07 Å². The molecule has 0 spiro atoms. The molecule has 0 bridgehead atoms. The van der Waals surface area contributed by atoms with E-state index in [9.17, 15) is 9.59 Å². The molecule has 11 heteroatoms. The lowest BCUT2D eigenvalue weighted by molar-refractivity contribution is -0.146. The molecule has 4 rings (SSSR count). The Morgan fingerprint density at radius 1 is 1.31 bits per heavy atom. The topological polar surface area (TPSA) is 128 Å². The Balaban J connectivity index is 1.53. The Morgan fingerprint density at radius 3 is 2.97 bits per heavy atom. The molecule has 0 saturated carbocycles. The number of anilines is 1. The Morgan fingerprint density at radius 2 is 2.19 bits per heavy atom. The third-order valence-corrected chi connectivity index (χ3v) is 5.58. The van der Waals surface area contributed by atoms with E-state index in [0.29, 0.717) is 30.7 Å². The molecule has 1 amide bonds. The summed E-state index contributed by atoms with van der Waals surface area (Å²) < 4.78 is 1.68. The van der Waals surface area contributed by atoms with Crippen molar-refractivity contribution < 1.29 is 14.4 Å². The zero-order valence-electron chi connectivity index (χ0n) is 17.6. The predicted octanol–water partition coefficient (Wildman–Crippen LogP) is 0.433. The highest BCUT2D eigenvalue weighted by Gasteiger charge is 2.27. The highest BCUT2D eigenvalue weighted by Crippen LogP contribution is 2.28. The number of nitrogens with zero attached hydrogens (tertiary/aromatic N) is 5. The van der Waals surface area contributed by atoms with E-state index < -0.39 is 5.97 Å². The van der Waals surface area contributed by atoms with Gasteiger partial charge < -0.3 is 15.1 Å². The van der Waals surface area contributed by atoms with Crippen molar-refractivity contribution in [3.63, 3.8) is 0 Å². The molecule has 0 aromatic carbocycles. The molecule has 32 heavy (non-hydrogen) atoms. The smallest absolute Gasteiger partial charge is 0.324 e. The highest BCUT2D eigenvalue weighted by atomic mass is 16.7.